The minimum atomic E-state index is -1.02. The van der Waals surface area contributed by atoms with Crippen molar-refractivity contribution in [2.45, 2.75) is 20.8 Å². The van der Waals surface area contributed by atoms with Crippen LogP contribution in [0, 0.1) is 6.92 Å². The van der Waals surface area contributed by atoms with Gasteiger partial charge in [-0.1, -0.05) is 25.4 Å². The first-order valence-corrected chi connectivity index (χ1v) is 5.35. The van der Waals surface area contributed by atoms with Crippen LogP contribution in [0.5, 0.6) is 0 Å². The molecule has 0 spiro atoms. The molecular formula is C11H13ClN2O2. The molecule has 2 aromatic heterocycles. The fraction of sp³-hybridized carbons (Fsp3) is 0.273. The van der Waals surface area contributed by atoms with Crippen LogP contribution in [0.2, 0.25) is 5.02 Å². The van der Waals surface area contributed by atoms with Crippen molar-refractivity contribution in [3.63, 3.8) is 0 Å². The largest absolute Gasteiger partial charge is 0.477 e. The summed E-state index contributed by atoms with van der Waals surface area (Å²) in [5.41, 5.74) is 1.36. The summed E-state index contributed by atoms with van der Waals surface area (Å²) >= 11 is 5.93. The molecule has 5 heteroatoms. The predicted molar refractivity (Wildman–Crippen MR) is 64.1 cm³/mol. The van der Waals surface area contributed by atoms with Gasteiger partial charge >= 0.3 is 5.97 Å². The van der Waals surface area contributed by atoms with Gasteiger partial charge in [-0.25, -0.2) is 9.78 Å². The number of aromatic amines is 1. The smallest absolute Gasteiger partial charge is 0.352 e. The fourth-order valence-electron chi connectivity index (χ4n) is 1.30. The Morgan fingerprint density at radius 1 is 1.44 bits per heavy atom. The summed E-state index contributed by atoms with van der Waals surface area (Å²) in [6, 6.07) is 3.18. The van der Waals surface area contributed by atoms with E-state index in [9.17, 15) is 4.79 Å². The van der Waals surface area contributed by atoms with Gasteiger partial charge in [0.1, 0.15) is 11.3 Å². The zero-order valence-corrected chi connectivity index (χ0v) is 10.1. The molecule has 0 aliphatic carbocycles. The van der Waals surface area contributed by atoms with Crippen LogP contribution in [0.1, 0.15) is 30.0 Å². The van der Waals surface area contributed by atoms with E-state index in [1.54, 1.807) is 13.0 Å². The molecule has 4 nitrogen and oxygen atoms in total. The van der Waals surface area contributed by atoms with E-state index in [-0.39, 0.29) is 5.69 Å². The summed E-state index contributed by atoms with van der Waals surface area (Å²) in [5.74, 6) is -1.02. The number of nitrogens with one attached hydrogen (secondary N) is 1. The van der Waals surface area contributed by atoms with Crippen LogP contribution in [0.25, 0.3) is 11.0 Å². The van der Waals surface area contributed by atoms with Crippen molar-refractivity contribution in [3.05, 3.63) is 28.5 Å². The summed E-state index contributed by atoms with van der Waals surface area (Å²) in [4.78, 5) is 17.5. The van der Waals surface area contributed by atoms with Gasteiger partial charge in [-0.2, -0.15) is 0 Å². The number of carboxylic acids is 1. The van der Waals surface area contributed by atoms with Crippen molar-refractivity contribution < 1.29 is 9.90 Å². The average Bonchev–Trinajstić information content (AvgIpc) is 2.64. The van der Waals surface area contributed by atoms with Crippen molar-refractivity contribution in [1.29, 1.82) is 0 Å². The maximum Gasteiger partial charge on any atom is 0.352 e. The number of carboxylic acid groups (broad SMARTS) is 1. The minimum Gasteiger partial charge on any atom is -0.477 e. The molecule has 2 heterocycles. The number of aromatic carboxylic acids is 1. The third-order valence-corrected chi connectivity index (χ3v) is 2.22. The van der Waals surface area contributed by atoms with E-state index < -0.39 is 5.97 Å². The van der Waals surface area contributed by atoms with Gasteiger partial charge in [-0.15, -0.1) is 0 Å². The van der Waals surface area contributed by atoms with Gasteiger partial charge in [-0.3, -0.25) is 0 Å². The first-order chi connectivity index (χ1) is 7.58. The number of fused-ring (bicyclic) bond motifs is 1. The molecule has 2 rings (SSSR count). The maximum absolute atomic E-state index is 10.7. The molecule has 16 heavy (non-hydrogen) atoms. The van der Waals surface area contributed by atoms with Crippen LogP contribution >= 0.6 is 11.6 Å². The van der Waals surface area contributed by atoms with Crippen molar-refractivity contribution in [3.8, 4) is 0 Å². The SMILES string of the molecule is CC.Cc1cc(Cl)c2cc(C(=O)O)[nH]c2n1. The zero-order chi connectivity index (χ0) is 12.3. The second-order valence-corrected chi connectivity index (χ2v) is 3.40. The Balaban J connectivity index is 0.000000606. The standard InChI is InChI=1S/C9H7ClN2O2.C2H6/c1-4-2-6(10)5-3-7(9(13)14)12-8(5)11-4;1-2/h2-3H,1H3,(H,11,12)(H,13,14);1-2H3. The Kier molecular flexibility index (Phi) is 3.90. The highest BCUT2D eigenvalue weighted by Gasteiger charge is 2.10. The van der Waals surface area contributed by atoms with Crippen LogP contribution in [0.4, 0.5) is 0 Å². The molecule has 2 N–H and O–H groups in total. The Labute approximate surface area is 98.3 Å². The lowest BCUT2D eigenvalue weighted by molar-refractivity contribution is 0.0691. The lowest BCUT2D eigenvalue weighted by Crippen LogP contribution is -1.95. The Morgan fingerprint density at radius 3 is 2.62 bits per heavy atom. The molecule has 86 valence electrons. The van der Waals surface area contributed by atoms with Gasteiger partial charge in [0.25, 0.3) is 0 Å². The summed E-state index contributed by atoms with van der Waals surface area (Å²) in [5, 5.41) is 9.89. The number of halogens is 1. The molecule has 2 aromatic rings. The van der Waals surface area contributed by atoms with Crippen molar-refractivity contribution in [2.75, 3.05) is 0 Å². The van der Waals surface area contributed by atoms with Crippen LogP contribution in [0.15, 0.2) is 12.1 Å². The summed E-state index contributed by atoms with van der Waals surface area (Å²) < 4.78 is 0. The Morgan fingerprint density at radius 2 is 2.06 bits per heavy atom. The number of pyridine rings is 1. The van der Waals surface area contributed by atoms with Crippen molar-refractivity contribution in [2.24, 2.45) is 0 Å². The minimum absolute atomic E-state index is 0.0972. The summed E-state index contributed by atoms with van der Waals surface area (Å²) in [6.07, 6.45) is 0. The number of hydrogen-bond donors (Lipinski definition) is 2. The summed E-state index contributed by atoms with van der Waals surface area (Å²) in [7, 11) is 0. The highest BCUT2D eigenvalue weighted by atomic mass is 35.5. The highest BCUT2D eigenvalue weighted by Crippen LogP contribution is 2.23. The molecule has 0 aliphatic heterocycles. The topological polar surface area (TPSA) is 66.0 Å². The number of rotatable bonds is 1. The maximum atomic E-state index is 10.7. The fourth-order valence-corrected chi connectivity index (χ4v) is 1.60. The van der Waals surface area contributed by atoms with Crippen LogP contribution in [-0.2, 0) is 0 Å². The van der Waals surface area contributed by atoms with Crippen LogP contribution in [0.3, 0.4) is 0 Å². The lowest BCUT2D eigenvalue weighted by Gasteiger charge is -1.94. The zero-order valence-electron chi connectivity index (χ0n) is 9.34. The molecule has 0 fully saturated rings. The van der Waals surface area contributed by atoms with E-state index in [1.165, 1.54) is 6.07 Å². The first-order valence-electron chi connectivity index (χ1n) is 4.97. The van der Waals surface area contributed by atoms with Crippen molar-refractivity contribution in [1.82, 2.24) is 9.97 Å². The number of carbonyl (C=O) groups is 1. The molecule has 0 radical (unpaired) electrons. The van der Waals surface area contributed by atoms with E-state index in [2.05, 4.69) is 9.97 Å². The molecule has 0 aromatic carbocycles. The first kappa shape index (κ1) is 12.5. The number of aryl methyl sites for hydroxylation is 1. The van der Waals surface area contributed by atoms with Gasteiger partial charge in [0.15, 0.2) is 0 Å². The van der Waals surface area contributed by atoms with Gasteiger partial charge < -0.3 is 10.1 Å². The van der Waals surface area contributed by atoms with E-state index in [0.717, 1.165) is 5.69 Å². The third-order valence-electron chi connectivity index (χ3n) is 1.91. The number of nitrogens with zero attached hydrogens (tertiary/aromatic N) is 1. The van der Waals surface area contributed by atoms with E-state index in [0.29, 0.717) is 16.1 Å². The van der Waals surface area contributed by atoms with Gasteiger partial charge in [-0.05, 0) is 19.1 Å². The molecule has 0 atom stereocenters. The number of hydrogen-bond acceptors (Lipinski definition) is 2. The molecule has 0 unspecified atom stereocenters. The van der Waals surface area contributed by atoms with Gasteiger partial charge in [0.2, 0.25) is 0 Å². The number of H-pyrrole nitrogens is 1. The molecular weight excluding hydrogens is 228 g/mol. The molecule has 0 aliphatic rings. The second-order valence-electron chi connectivity index (χ2n) is 3.00. The Hall–Kier alpha value is -1.55. The van der Waals surface area contributed by atoms with Crippen molar-refractivity contribution >= 4 is 28.6 Å². The van der Waals surface area contributed by atoms with E-state index in [1.807, 2.05) is 13.8 Å². The average molecular weight is 241 g/mol. The Bertz CT molecular complexity index is 520. The molecule has 0 bridgehead atoms. The summed E-state index contributed by atoms with van der Waals surface area (Å²) in [6.45, 7) is 5.80. The monoisotopic (exact) mass is 240 g/mol. The molecule has 0 amide bonds. The third kappa shape index (κ3) is 2.33. The quantitative estimate of drug-likeness (QED) is 0.804. The van der Waals surface area contributed by atoms with Gasteiger partial charge in [0, 0.05) is 11.1 Å². The predicted octanol–water partition coefficient (Wildman–Crippen LogP) is 3.25. The normalized spacial score (nSPS) is 9.75. The van der Waals surface area contributed by atoms with E-state index >= 15 is 0 Å². The molecule has 0 saturated heterocycles. The molecule has 0 saturated carbocycles. The van der Waals surface area contributed by atoms with Gasteiger partial charge in [0.05, 0.1) is 5.02 Å². The van der Waals surface area contributed by atoms with Crippen LogP contribution < -0.4 is 0 Å². The van der Waals surface area contributed by atoms with E-state index in [4.69, 9.17) is 16.7 Å². The highest BCUT2D eigenvalue weighted by molar-refractivity contribution is 6.35. The number of aromatic nitrogens is 2. The lowest BCUT2D eigenvalue weighted by atomic mass is 10.3. The second kappa shape index (κ2) is 4.99. The van der Waals surface area contributed by atoms with Crippen LogP contribution in [-0.4, -0.2) is 21.0 Å².